The van der Waals surface area contributed by atoms with Crippen LogP contribution in [0.25, 0.3) is 0 Å². The Labute approximate surface area is 92.4 Å². The highest BCUT2D eigenvalue weighted by atomic mass is 16.3. The molecule has 0 aliphatic heterocycles. The summed E-state index contributed by atoms with van der Waals surface area (Å²) < 4.78 is 0. The van der Waals surface area contributed by atoms with Crippen molar-refractivity contribution in [2.24, 2.45) is 5.92 Å². The van der Waals surface area contributed by atoms with Gasteiger partial charge in [0.1, 0.15) is 0 Å². The molecule has 0 heterocycles. The van der Waals surface area contributed by atoms with E-state index < -0.39 is 0 Å². The molecule has 0 radical (unpaired) electrons. The molecule has 0 saturated heterocycles. The van der Waals surface area contributed by atoms with Crippen molar-refractivity contribution in [3.05, 3.63) is 0 Å². The van der Waals surface area contributed by atoms with E-state index >= 15 is 0 Å². The standard InChI is InChI=1S/C11H24N2O2/c1-8(2)7-13-11(15)5-6-12-9(3)10(4)14/h8-10,12,14H,5-7H2,1-4H3,(H,13,15). The van der Waals surface area contributed by atoms with Crippen LogP contribution in [0.4, 0.5) is 0 Å². The molecule has 0 aromatic carbocycles. The van der Waals surface area contributed by atoms with Crippen LogP contribution < -0.4 is 10.6 Å². The maximum atomic E-state index is 11.3. The minimum absolute atomic E-state index is 0.0305. The normalized spacial score (nSPS) is 15.1. The molecule has 0 aromatic heterocycles. The molecule has 0 fully saturated rings. The fraction of sp³-hybridized carbons (Fsp3) is 0.909. The zero-order valence-corrected chi connectivity index (χ0v) is 10.2. The predicted molar refractivity (Wildman–Crippen MR) is 61.6 cm³/mol. The summed E-state index contributed by atoms with van der Waals surface area (Å²) in [7, 11) is 0. The van der Waals surface area contributed by atoms with Gasteiger partial charge in [-0.05, 0) is 19.8 Å². The van der Waals surface area contributed by atoms with E-state index in [0.29, 0.717) is 18.9 Å². The van der Waals surface area contributed by atoms with Crippen LogP contribution in [-0.4, -0.2) is 36.2 Å². The van der Waals surface area contributed by atoms with Crippen LogP contribution in [0, 0.1) is 5.92 Å². The molecule has 2 atom stereocenters. The van der Waals surface area contributed by atoms with Gasteiger partial charge in [-0.25, -0.2) is 0 Å². The third-order valence-corrected chi connectivity index (χ3v) is 2.25. The highest BCUT2D eigenvalue weighted by molar-refractivity contribution is 5.76. The summed E-state index contributed by atoms with van der Waals surface area (Å²) in [6, 6.07) is 0.0305. The molecular weight excluding hydrogens is 192 g/mol. The molecule has 90 valence electrons. The molecule has 0 aliphatic carbocycles. The van der Waals surface area contributed by atoms with Gasteiger partial charge in [-0.1, -0.05) is 13.8 Å². The van der Waals surface area contributed by atoms with E-state index in [2.05, 4.69) is 24.5 Å². The van der Waals surface area contributed by atoms with Gasteiger partial charge < -0.3 is 15.7 Å². The first-order valence-corrected chi connectivity index (χ1v) is 5.61. The summed E-state index contributed by atoms with van der Waals surface area (Å²) in [5.41, 5.74) is 0. The molecular formula is C11H24N2O2. The molecule has 0 aromatic rings. The predicted octanol–water partition coefficient (Wildman–Crippen LogP) is 0.508. The molecule has 15 heavy (non-hydrogen) atoms. The number of hydrogen-bond acceptors (Lipinski definition) is 3. The quantitative estimate of drug-likeness (QED) is 0.581. The third kappa shape index (κ3) is 8.39. The zero-order valence-electron chi connectivity index (χ0n) is 10.2. The fourth-order valence-corrected chi connectivity index (χ4v) is 0.990. The Hall–Kier alpha value is -0.610. The summed E-state index contributed by atoms with van der Waals surface area (Å²) in [6.07, 6.45) is 0.0766. The van der Waals surface area contributed by atoms with Crippen LogP contribution in [0.15, 0.2) is 0 Å². The first-order chi connectivity index (χ1) is 6.93. The number of aliphatic hydroxyl groups excluding tert-OH is 1. The van der Waals surface area contributed by atoms with Crippen molar-refractivity contribution in [1.29, 1.82) is 0 Å². The highest BCUT2D eigenvalue weighted by Gasteiger charge is 2.08. The number of aliphatic hydroxyl groups is 1. The monoisotopic (exact) mass is 216 g/mol. The van der Waals surface area contributed by atoms with Crippen LogP contribution in [0.5, 0.6) is 0 Å². The van der Waals surface area contributed by atoms with Crippen molar-refractivity contribution in [3.8, 4) is 0 Å². The van der Waals surface area contributed by atoms with Crippen molar-refractivity contribution < 1.29 is 9.90 Å². The van der Waals surface area contributed by atoms with E-state index in [9.17, 15) is 9.90 Å². The van der Waals surface area contributed by atoms with Crippen molar-refractivity contribution in [1.82, 2.24) is 10.6 Å². The van der Waals surface area contributed by atoms with Crippen LogP contribution in [0.1, 0.15) is 34.1 Å². The van der Waals surface area contributed by atoms with Crippen molar-refractivity contribution in [2.75, 3.05) is 13.1 Å². The largest absolute Gasteiger partial charge is 0.392 e. The molecule has 3 N–H and O–H groups in total. The summed E-state index contributed by atoms with van der Waals surface area (Å²) in [6.45, 7) is 9.09. The Morgan fingerprint density at radius 3 is 2.33 bits per heavy atom. The van der Waals surface area contributed by atoms with Crippen molar-refractivity contribution in [2.45, 2.75) is 46.3 Å². The van der Waals surface area contributed by atoms with E-state index in [4.69, 9.17) is 0 Å². The molecule has 2 unspecified atom stereocenters. The second-order valence-corrected chi connectivity index (χ2v) is 4.43. The van der Waals surface area contributed by atoms with E-state index in [1.165, 1.54) is 0 Å². The zero-order chi connectivity index (χ0) is 11.8. The number of carbonyl (C=O) groups is 1. The summed E-state index contributed by atoms with van der Waals surface area (Å²) >= 11 is 0. The van der Waals surface area contributed by atoms with Gasteiger partial charge in [0.2, 0.25) is 5.91 Å². The van der Waals surface area contributed by atoms with E-state index in [1.807, 2.05) is 6.92 Å². The van der Waals surface area contributed by atoms with Crippen LogP contribution in [0.3, 0.4) is 0 Å². The second-order valence-electron chi connectivity index (χ2n) is 4.43. The molecule has 0 bridgehead atoms. The van der Waals surface area contributed by atoms with E-state index in [-0.39, 0.29) is 18.1 Å². The Bertz CT molecular complexity index is 181. The first-order valence-electron chi connectivity index (χ1n) is 5.61. The number of amides is 1. The number of nitrogens with one attached hydrogen (secondary N) is 2. The SMILES string of the molecule is CC(C)CNC(=O)CCNC(C)C(C)O. The lowest BCUT2D eigenvalue weighted by Crippen LogP contribution is -2.38. The van der Waals surface area contributed by atoms with Crippen LogP contribution in [-0.2, 0) is 4.79 Å². The average Bonchev–Trinajstić information content (AvgIpc) is 2.14. The fourth-order valence-electron chi connectivity index (χ4n) is 0.990. The van der Waals surface area contributed by atoms with Gasteiger partial charge in [-0.15, -0.1) is 0 Å². The van der Waals surface area contributed by atoms with Gasteiger partial charge in [0.05, 0.1) is 6.10 Å². The van der Waals surface area contributed by atoms with Crippen LogP contribution in [0.2, 0.25) is 0 Å². The molecule has 4 nitrogen and oxygen atoms in total. The Kier molecular flexibility index (Phi) is 7.34. The van der Waals surface area contributed by atoms with Gasteiger partial charge in [0, 0.05) is 25.6 Å². The molecule has 1 amide bonds. The lowest BCUT2D eigenvalue weighted by atomic mass is 10.2. The van der Waals surface area contributed by atoms with Gasteiger partial charge in [-0.2, -0.15) is 0 Å². The second kappa shape index (κ2) is 7.65. The minimum Gasteiger partial charge on any atom is -0.392 e. The first kappa shape index (κ1) is 14.4. The van der Waals surface area contributed by atoms with Crippen molar-refractivity contribution >= 4 is 5.91 Å². The lowest BCUT2D eigenvalue weighted by Gasteiger charge is -2.16. The minimum atomic E-state index is -0.385. The molecule has 0 rings (SSSR count). The van der Waals surface area contributed by atoms with Gasteiger partial charge in [0.15, 0.2) is 0 Å². The average molecular weight is 216 g/mol. The maximum absolute atomic E-state index is 11.3. The van der Waals surface area contributed by atoms with Gasteiger partial charge in [-0.3, -0.25) is 4.79 Å². The maximum Gasteiger partial charge on any atom is 0.221 e. The van der Waals surface area contributed by atoms with Gasteiger partial charge >= 0.3 is 0 Å². The highest BCUT2D eigenvalue weighted by Crippen LogP contribution is 1.91. The van der Waals surface area contributed by atoms with E-state index in [1.54, 1.807) is 6.92 Å². The molecule has 0 saturated carbocycles. The number of carbonyl (C=O) groups excluding carboxylic acids is 1. The Morgan fingerprint density at radius 1 is 1.27 bits per heavy atom. The number of hydrogen-bond donors (Lipinski definition) is 3. The summed E-state index contributed by atoms with van der Waals surface area (Å²) in [5, 5.41) is 15.1. The number of rotatable bonds is 7. The van der Waals surface area contributed by atoms with Crippen LogP contribution >= 0.6 is 0 Å². The summed E-state index contributed by atoms with van der Waals surface area (Å²) in [4.78, 5) is 11.3. The molecule has 0 aliphatic rings. The van der Waals surface area contributed by atoms with Gasteiger partial charge in [0.25, 0.3) is 0 Å². The lowest BCUT2D eigenvalue weighted by molar-refractivity contribution is -0.121. The topological polar surface area (TPSA) is 61.4 Å². The van der Waals surface area contributed by atoms with Crippen molar-refractivity contribution in [3.63, 3.8) is 0 Å². The molecule has 4 heteroatoms. The van der Waals surface area contributed by atoms with E-state index in [0.717, 1.165) is 6.54 Å². The Balaban J connectivity index is 3.47. The molecule has 0 spiro atoms. The smallest absolute Gasteiger partial charge is 0.221 e. The third-order valence-electron chi connectivity index (χ3n) is 2.25. The summed E-state index contributed by atoms with van der Waals surface area (Å²) in [5.74, 6) is 0.548. The Morgan fingerprint density at radius 2 is 1.87 bits per heavy atom.